The molecule has 0 bridgehead atoms. The van der Waals surface area contributed by atoms with E-state index in [2.05, 4.69) is 11.9 Å². The third-order valence-electron chi connectivity index (χ3n) is 3.70. The molecule has 2 N–H and O–H groups in total. The van der Waals surface area contributed by atoms with Crippen molar-refractivity contribution in [1.29, 1.82) is 0 Å². The molecule has 112 valence electrons. The number of carbonyl (C=O) groups is 1. The highest BCUT2D eigenvalue weighted by atomic mass is 16.1. The second-order valence-electron chi connectivity index (χ2n) is 5.52. The Hall–Kier alpha value is -1.38. The number of aromatic nitrogens is 1. The SMILES string of the molecule is CCCCCCCCCCc1ccc(C(N)=O)c(C)n1. The number of nitrogens with zero attached hydrogens (tertiary/aromatic N) is 1. The molecule has 0 atom stereocenters. The van der Waals surface area contributed by atoms with Crippen molar-refractivity contribution in [3.05, 3.63) is 29.1 Å². The second kappa shape index (κ2) is 9.51. The number of nitrogens with two attached hydrogens (primary N) is 1. The van der Waals surface area contributed by atoms with Crippen LogP contribution >= 0.6 is 0 Å². The van der Waals surface area contributed by atoms with E-state index in [0.29, 0.717) is 5.56 Å². The van der Waals surface area contributed by atoms with Crippen LogP contribution in [0, 0.1) is 6.92 Å². The summed E-state index contributed by atoms with van der Waals surface area (Å²) < 4.78 is 0. The van der Waals surface area contributed by atoms with Gasteiger partial charge >= 0.3 is 0 Å². The highest BCUT2D eigenvalue weighted by molar-refractivity contribution is 5.93. The number of rotatable bonds is 10. The van der Waals surface area contributed by atoms with Crippen LogP contribution in [0.5, 0.6) is 0 Å². The smallest absolute Gasteiger partial charge is 0.250 e. The average Bonchev–Trinajstić information content (AvgIpc) is 2.41. The highest BCUT2D eigenvalue weighted by Crippen LogP contribution is 2.12. The van der Waals surface area contributed by atoms with Gasteiger partial charge in [-0.05, 0) is 31.9 Å². The maximum Gasteiger partial charge on any atom is 0.250 e. The van der Waals surface area contributed by atoms with Gasteiger partial charge in [-0.2, -0.15) is 0 Å². The summed E-state index contributed by atoms with van der Waals surface area (Å²) in [5.74, 6) is -0.395. The van der Waals surface area contributed by atoms with Gasteiger partial charge in [0.1, 0.15) is 0 Å². The Balaban J connectivity index is 2.19. The number of amides is 1. The molecule has 0 aliphatic carbocycles. The number of aryl methyl sites for hydroxylation is 2. The number of hydrogen-bond donors (Lipinski definition) is 1. The van der Waals surface area contributed by atoms with Gasteiger partial charge in [0.2, 0.25) is 0 Å². The number of pyridine rings is 1. The zero-order chi connectivity index (χ0) is 14.8. The third kappa shape index (κ3) is 6.18. The molecule has 1 aromatic heterocycles. The van der Waals surface area contributed by atoms with E-state index < -0.39 is 5.91 Å². The maximum atomic E-state index is 11.1. The lowest BCUT2D eigenvalue weighted by Gasteiger charge is -2.05. The summed E-state index contributed by atoms with van der Waals surface area (Å²) in [6.45, 7) is 4.09. The van der Waals surface area contributed by atoms with Crippen molar-refractivity contribution in [3.63, 3.8) is 0 Å². The van der Waals surface area contributed by atoms with Gasteiger partial charge < -0.3 is 5.73 Å². The molecule has 3 nitrogen and oxygen atoms in total. The van der Waals surface area contributed by atoms with E-state index in [-0.39, 0.29) is 0 Å². The zero-order valence-corrected chi connectivity index (χ0v) is 13.0. The van der Waals surface area contributed by atoms with Crippen LogP contribution < -0.4 is 5.73 Å². The van der Waals surface area contributed by atoms with Gasteiger partial charge in [-0.1, -0.05) is 51.9 Å². The van der Waals surface area contributed by atoms with Gasteiger partial charge in [-0.15, -0.1) is 0 Å². The lowest BCUT2D eigenvalue weighted by molar-refractivity contribution is 0.0999. The lowest BCUT2D eigenvalue weighted by atomic mass is 10.1. The van der Waals surface area contributed by atoms with E-state index in [9.17, 15) is 4.79 Å². The molecule has 3 heteroatoms. The molecule has 0 unspecified atom stereocenters. The molecule has 1 rings (SSSR count). The topological polar surface area (TPSA) is 56.0 Å². The quantitative estimate of drug-likeness (QED) is 0.652. The molecule has 20 heavy (non-hydrogen) atoms. The summed E-state index contributed by atoms with van der Waals surface area (Å²) >= 11 is 0. The summed E-state index contributed by atoms with van der Waals surface area (Å²) in [4.78, 5) is 15.6. The number of carbonyl (C=O) groups excluding carboxylic acids is 1. The van der Waals surface area contributed by atoms with Crippen LogP contribution in [0.15, 0.2) is 12.1 Å². The van der Waals surface area contributed by atoms with E-state index in [1.807, 2.05) is 13.0 Å². The Labute approximate surface area is 123 Å². The van der Waals surface area contributed by atoms with Crippen LogP contribution in [-0.4, -0.2) is 10.9 Å². The Morgan fingerprint density at radius 2 is 1.65 bits per heavy atom. The van der Waals surface area contributed by atoms with Crippen LogP contribution in [0.25, 0.3) is 0 Å². The van der Waals surface area contributed by atoms with E-state index in [1.165, 1.54) is 51.4 Å². The molecule has 1 aromatic rings. The fraction of sp³-hybridized carbons (Fsp3) is 0.647. The van der Waals surface area contributed by atoms with Crippen LogP contribution in [0.4, 0.5) is 0 Å². The largest absolute Gasteiger partial charge is 0.366 e. The fourth-order valence-electron chi connectivity index (χ4n) is 2.45. The first-order chi connectivity index (χ1) is 9.65. The first-order valence-electron chi connectivity index (χ1n) is 7.91. The molecule has 0 spiro atoms. The molecular weight excluding hydrogens is 248 g/mol. The van der Waals surface area contributed by atoms with Crippen molar-refractivity contribution in [2.75, 3.05) is 0 Å². The summed E-state index contributed by atoms with van der Waals surface area (Å²) in [5, 5.41) is 0. The molecule has 0 aliphatic rings. The molecule has 0 aromatic carbocycles. The normalized spacial score (nSPS) is 10.7. The summed E-state index contributed by atoms with van der Waals surface area (Å²) in [5.41, 5.74) is 7.62. The maximum absolute atomic E-state index is 11.1. The van der Waals surface area contributed by atoms with Crippen molar-refractivity contribution in [1.82, 2.24) is 4.98 Å². The number of unbranched alkanes of at least 4 members (excludes halogenated alkanes) is 7. The molecule has 0 aliphatic heterocycles. The number of hydrogen-bond acceptors (Lipinski definition) is 2. The Morgan fingerprint density at radius 3 is 2.20 bits per heavy atom. The molecule has 1 heterocycles. The van der Waals surface area contributed by atoms with Gasteiger partial charge in [-0.25, -0.2) is 0 Å². The second-order valence-corrected chi connectivity index (χ2v) is 5.52. The average molecular weight is 276 g/mol. The van der Waals surface area contributed by atoms with Crippen molar-refractivity contribution in [3.8, 4) is 0 Å². The lowest BCUT2D eigenvalue weighted by Crippen LogP contribution is -2.14. The minimum atomic E-state index is -0.395. The molecular formula is C17H28N2O. The first kappa shape index (κ1) is 16.7. The van der Waals surface area contributed by atoms with Crippen molar-refractivity contribution < 1.29 is 4.79 Å². The van der Waals surface area contributed by atoms with Gasteiger partial charge in [-0.3, -0.25) is 9.78 Å². The van der Waals surface area contributed by atoms with Crippen LogP contribution in [0.2, 0.25) is 0 Å². The molecule has 0 saturated heterocycles. The Bertz CT molecular complexity index is 415. The summed E-state index contributed by atoms with van der Waals surface area (Å²) in [7, 11) is 0. The number of primary amides is 1. The molecule has 0 saturated carbocycles. The standard InChI is InChI=1S/C17H28N2O/c1-3-4-5-6-7-8-9-10-11-15-12-13-16(17(18)20)14(2)19-15/h12-13H,3-11H2,1-2H3,(H2,18,20). The monoisotopic (exact) mass is 276 g/mol. The van der Waals surface area contributed by atoms with E-state index >= 15 is 0 Å². The third-order valence-corrected chi connectivity index (χ3v) is 3.70. The molecule has 0 fully saturated rings. The van der Waals surface area contributed by atoms with E-state index in [1.54, 1.807) is 6.07 Å². The minimum Gasteiger partial charge on any atom is -0.366 e. The summed E-state index contributed by atoms with van der Waals surface area (Å²) in [6, 6.07) is 3.72. The molecule has 0 radical (unpaired) electrons. The minimum absolute atomic E-state index is 0.395. The fourth-order valence-corrected chi connectivity index (χ4v) is 2.45. The van der Waals surface area contributed by atoms with Crippen molar-refractivity contribution in [2.24, 2.45) is 5.73 Å². The van der Waals surface area contributed by atoms with Crippen molar-refractivity contribution in [2.45, 2.75) is 71.6 Å². The van der Waals surface area contributed by atoms with E-state index in [0.717, 1.165) is 17.8 Å². The molecule has 1 amide bonds. The Morgan fingerprint density at radius 1 is 1.05 bits per heavy atom. The van der Waals surface area contributed by atoms with Crippen molar-refractivity contribution >= 4 is 5.91 Å². The van der Waals surface area contributed by atoms with E-state index in [4.69, 9.17) is 5.73 Å². The van der Waals surface area contributed by atoms with Crippen LogP contribution in [0.3, 0.4) is 0 Å². The predicted molar refractivity (Wildman–Crippen MR) is 83.8 cm³/mol. The van der Waals surface area contributed by atoms with Crippen LogP contribution in [0.1, 0.15) is 80.0 Å². The Kier molecular flexibility index (Phi) is 7.93. The van der Waals surface area contributed by atoms with Gasteiger partial charge in [0.05, 0.1) is 11.3 Å². The first-order valence-corrected chi connectivity index (χ1v) is 7.91. The predicted octanol–water partition coefficient (Wildman–Crippen LogP) is 4.17. The zero-order valence-electron chi connectivity index (χ0n) is 13.0. The summed E-state index contributed by atoms with van der Waals surface area (Å²) in [6.07, 6.45) is 11.6. The van der Waals surface area contributed by atoms with Gasteiger partial charge in [0, 0.05) is 5.69 Å². The van der Waals surface area contributed by atoms with Gasteiger partial charge in [0.25, 0.3) is 5.91 Å². The highest BCUT2D eigenvalue weighted by Gasteiger charge is 2.06. The van der Waals surface area contributed by atoms with Crippen LogP contribution in [-0.2, 0) is 6.42 Å². The van der Waals surface area contributed by atoms with Gasteiger partial charge in [0.15, 0.2) is 0 Å².